The summed E-state index contributed by atoms with van der Waals surface area (Å²) in [6.07, 6.45) is 0.201. The molecule has 0 aromatic carbocycles. The minimum Gasteiger partial charge on any atom is -0.450 e. The van der Waals surface area contributed by atoms with Gasteiger partial charge in [0, 0.05) is 17.9 Å². The molecule has 0 aliphatic carbocycles. The minimum absolute atomic E-state index is 0.125. The summed E-state index contributed by atoms with van der Waals surface area (Å²) in [5, 5.41) is 6.68. The van der Waals surface area contributed by atoms with Crippen LogP contribution in [0.4, 0.5) is 0 Å². The third kappa shape index (κ3) is 1.67. The summed E-state index contributed by atoms with van der Waals surface area (Å²) in [5.41, 5.74) is 1.78. The molecule has 1 aromatic heterocycles. The maximum Gasteiger partial charge on any atom is 0.337 e. The van der Waals surface area contributed by atoms with Crippen LogP contribution in [-0.2, 0) is 14.3 Å². The number of aryl methyl sites for hydroxylation is 2. The van der Waals surface area contributed by atoms with Crippen LogP contribution in [0.3, 0.4) is 0 Å². The number of nitrogens with one attached hydrogen (secondary N) is 1. The monoisotopic (exact) mass is 276 g/mol. The number of hydrogen-bond donors (Lipinski definition) is 1. The number of carbonyl (C=O) groups excluding carboxylic acids is 2. The molecule has 0 saturated carbocycles. The molecule has 0 unspecified atom stereocenters. The zero-order chi connectivity index (χ0) is 14.7. The number of cyclic esters (lactones) is 1. The van der Waals surface area contributed by atoms with Crippen LogP contribution in [-0.4, -0.2) is 22.6 Å². The zero-order valence-electron chi connectivity index (χ0n) is 11.9. The quantitative estimate of drug-likeness (QED) is 0.786. The molecule has 3 rings (SSSR count). The van der Waals surface area contributed by atoms with E-state index in [0.29, 0.717) is 22.7 Å². The van der Waals surface area contributed by atoms with Gasteiger partial charge in [-0.25, -0.2) is 4.79 Å². The number of nitrogens with zero attached hydrogens (tertiary/aromatic N) is 1. The Balaban J connectivity index is 2.19. The van der Waals surface area contributed by atoms with Gasteiger partial charge in [0.25, 0.3) is 0 Å². The third-order valence-corrected chi connectivity index (χ3v) is 3.88. The molecule has 6 nitrogen and oxygen atoms in total. The fourth-order valence-corrected chi connectivity index (χ4v) is 3.01. The molecule has 6 heteroatoms. The lowest BCUT2D eigenvalue weighted by atomic mass is 9.82. The van der Waals surface area contributed by atoms with E-state index < -0.39 is 5.60 Å². The summed E-state index contributed by atoms with van der Waals surface area (Å²) < 4.78 is 10.5. The first-order valence-corrected chi connectivity index (χ1v) is 6.52. The Morgan fingerprint density at radius 3 is 2.60 bits per heavy atom. The van der Waals surface area contributed by atoms with Crippen molar-refractivity contribution >= 4 is 11.9 Å². The highest BCUT2D eigenvalue weighted by Gasteiger charge is 2.48. The van der Waals surface area contributed by atoms with Gasteiger partial charge in [-0.05, 0) is 27.7 Å². The van der Waals surface area contributed by atoms with Crippen molar-refractivity contribution in [2.24, 2.45) is 0 Å². The van der Waals surface area contributed by atoms with Crippen LogP contribution >= 0.6 is 0 Å². The maximum atomic E-state index is 12.2. The van der Waals surface area contributed by atoms with Crippen LogP contribution in [0.15, 0.2) is 15.8 Å². The van der Waals surface area contributed by atoms with E-state index in [4.69, 9.17) is 9.26 Å². The molecule has 1 atom stereocenters. The molecule has 106 valence electrons. The van der Waals surface area contributed by atoms with E-state index in [-0.39, 0.29) is 24.2 Å². The first-order chi connectivity index (χ1) is 9.31. The SMILES string of the molecule is Cc1noc(C)c1[C@H]1CC(=O)NC2=C1C(=O)OC2(C)C. The Hall–Kier alpha value is -2.11. The van der Waals surface area contributed by atoms with Crippen molar-refractivity contribution in [3.8, 4) is 0 Å². The molecule has 2 aliphatic rings. The molecule has 3 heterocycles. The Morgan fingerprint density at radius 2 is 2.00 bits per heavy atom. The van der Waals surface area contributed by atoms with Crippen LogP contribution in [0.1, 0.15) is 43.2 Å². The van der Waals surface area contributed by atoms with Gasteiger partial charge >= 0.3 is 5.97 Å². The zero-order valence-corrected chi connectivity index (χ0v) is 11.9. The molecule has 1 aromatic rings. The Bertz CT molecular complexity index is 635. The van der Waals surface area contributed by atoms with Gasteiger partial charge in [-0.15, -0.1) is 0 Å². The maximum absolute atomic E-state index is 12.2. The van der Waals surface area contributed by atoms with Crippen molar-refractivity contribution in [2.75, 3.05) is 0 Å². The topological polar surface area (TPSA) is 81.4 Å². The number of ether oxygens (including phenoxy) is 1. The van der Waals surface area contributed by atoms with Crippen molar-refractivity contribution in [2.45, 2.75) is 45.6 Å². The van der Waals surface area contributed by atoms with E-state index in [9.17, 15) is 9.59 Å². The molecule has 0 fully saturated rings. The summed E-state index contributed by atoms with van der Waals surface area (Å²) in [6, 6.07) is 0. The van der Waals surface area contributed by atoms with Gasteiger partial charge < -0.3 is 14.6 Å². The lowest BCUT2D eigenvalue weighted by Gasteiger charge is -2.26. The second-order valence-electron chi connectivity index (χ2n) is 5.73. The fourth-order valence-electron chi connectivity index (χ4n) is 3.01. The van der Waals surface area contributed by atoms with Crippen LogP contribution in [0.5, 0.6) is 0 Å². The van der Waals surface area contributed by atoms with Crippen molar-refractivity contribution < 1.29 is 18.8 Å². The smallest absolute Gasteiger partial charge is 0.337 e. The first-order valence-electron chi connectivity index (χ1n) is 6.52. The summed E-state index contributed by atoms with van der Waals surface area (Å²) in [6.45, 7) is 7.13. The summed E-state index contributed by atoms with van der Waals surface area (Å²) in [4.78, 5) is 24.1. The molecule has 20 heavy (non-hydrogen) atoms. The van der Waals surface area contributed by atoms with Crippen LogP contribution in [0.25, 0.3) is 0 Å². The molecule has 0 bridgehead atoms. The molecule has 2 aliphatic heterocycles. The van der Waals surface area contributed by atoms with Gasteiger partial charge in [-0.2, -0.15) is 0 Å². The van der Waals surface area contributed by atoms with E-state index in [1.54, 1.807) is 20.8 Å². The molecular formula is C14H16N2O4. The number of hydrogen-bond acceptors (Lipinski definition) is 5. The van der Waals surface area contributed by atoms with Gasteiger partial charge in [-0.1, -0.05) is 5.16 Å². The summed E-state index contributed by atoms with van der Waals surface area (Å²) >= 11 is 0. The minimum atomic E-state index is -0.806. The van der Waals surface area contributed by atoms with Gasteiger partial charge in [0.1, 0.15) is 11.4 Å². The van der Waals surface area contributed by atoms with E-state index in [1.165, 1.54) is 0 Å². The highest BCUT2D eigenvalue weighted by Crippen LogP contribution is 2.44. The highest BCUT2D eigenvalue weighted by atomic mass is 16.6. The third-order valence-electron chi connectivity index (χ3n) is 3.88. The fraction of sp³-hybridized carbons (Fsp3) is 0.500. The van der Waals surface area contributed by atoms with Crippen LogP contribution in [0, 0.1) is 13.8 Å². The molecule has 0 spiro atoms. The number of amides is 1. The predicted octanol–water partition coefficient (Wildman–Crippen LogP) is 1.48. The molecule has 0 saturated heterocycles. The predicted molar refractivity (Wildman–Crippen MR) is 68.7 cm³/mol. The molecule has 1 N–H and O–H groups in total. The number of aromatic nitrogens is 1. The Kier molecular flexibility index (Phi) is 2.54. The number of rotatable bonds is 1. The Labute approximate surface area is 116 Å². The standard InChI is InChI=1S/C14H16N2O4/c1-6-10(7(2)20-16-6)8-5-9(17)15-12-11(8)13(18)19-14(12,3)4/h8H,5H2,1-4H3,(H,15,17)/t8-/m1/s1. The highest BCUT2D eigenvalue weighted by molar-refractivity contribution is 5.99. The van der Waals surface area contributed by atoms with Gasteiger partial charge in [0.2, 0.25) is 5.91 Å². The lowest BCUT2D eigenvalue weighted by molar-refractivity contribution is -0.144. The lowest BCUT2D eigenvalue weighted by Crippen LogP contribution is -2.38. The summed E-state index contributed by atoms with van der Waals surface area (Å²) in [5.74, 6) is -0.221. The number of carbonyl (C=O) groups is 2. The largest absolute Gasteiger partial charge is 0.450 e. The van der Waals surface area contributed by atoms with E-state index in [2.05, 4.69) is 10.5 Å². The average molecular weight is 276 g/mol. The molecule has 0 radical (unpaired) electrons. The van der Waals surface area contributed by atoms with Gasteiger partial charge in [0.15, 0.2) is 0 Å². The van der Waals surface area contributed by atoms with Crippen LogP contribution in [0.2, 0.25) is 0 Å². The first kappa shape index (κ1) is 12.9. The van der Waals surface area contributed by atoms with Crippen LogP contribution < -0.4 is 5.32 Å². The van der Waals surface area contributed by atoms with E-state index >= 15 is 0 Å². The van der Waals surface area contributed by atoms with E-state index in [0.717, 1.165) is 5.56 Å². The second kappa shape index (κ2) is 3.94. The molecule has 1 amide bonds. The van der Waals surface area contributed by atoms with Gasteiger partial charge in [0.05, 0.1) is 17.0 Å². The van der Waals surface area contributed by atoms with Gasteiger partial charge in [-0.3, -0.25) is 4.79 Å². The molecular weight excluding hydrogens is 260 g/mol. The van der Waals surface area contributed by atoms with Crippen molar-refractivity contribution in [3.63, 3.8) is 0 Å². The number of esters is 1. The van der Waals surface area contributed by atoms with Crippen molar-refractivity contribution in [3.05, 3.63) is 28.3 Å². The average Bonchev–Trinajstić information content (AvgIpc) is 2.77. The second-order valence-corrected chi connectivity index (χ2v) is 5.73. The van der Waals surface area contributed by atoms with E-state index in [1.807, 2.05) is 6.92 Å². The normalized spacial score (nSPS) is 24.5. The summed E-state index contributed by atoms with van der Waals surface area (Å²) in [7, 11) is 0. The Morgan fingerprint density at radius 1 is 1.30 bits per heavy atom. The van der Waals surface area contributed by atoms with Crippen molar-refractivity contribution in [1.82, 2.24) is 10.5 Å². The van der Waals surface area contributed by atoms with Crippen molar-refractivity contribution in [1.29, 1.82) is 0 Å².